The molecule has 0 saturated carbocycles. The number of hydrogen-bond donors (Lipinski definition) is 2. The fraction of sp³-hybridized carbons (Fsp3) is 0.286. The Morgan fingerprint density at radius 3 is 2.58 bits per heavy atom. The second-order valence-electron chi connectivity index (χ2n) is 6.53. The van der Waals surface area contributed by atoms with Gasteiger partial charge in [-0.25, -0.2) is 0 Å². The van der Waals surface area contributed by atoms with Crippen LogP contribution in [0.15, 0.2) is 60.7 Å². The van der Waals surface area contributed by atoms with E-state index in [1.165, 1.54) is 0 Å². The Balaban J connectivity index is 1.96. The van der Waals surface area contributed by atoms with Crippen LogP contribution >= 0.6 is 22.6 Å². The molecule has 0 aliphatic carbocycles. The molecule has 4 nitrogen and oxygen atoms in total. The van der Waals surface area contributed by atoms with Gasteiger partial charge in [0.2, 0.25) is 0 Å². The molecule has 2 aromatic rings. The predicted molar refractivity (Wildman–Crippen MR) is 111 cm³/mol. The molecule has 26 heavy (non-hydrogen) atoms. The Morgan fingerprint density at radius 2 is 1.88 bits per heavy atom. The molecule has 0 bridgehead atoms. The maximum atomic E-state index is 13.2. The van der Waals surface area contributed by atoms with Crippen LogP contribution in [-0.4, -0.2) is 22.7 Å². The first-order valence-electron chi connectivity index (χ1n) is 8.64. The molecular formula is C21H22INO3. The number of para-hydroxylation sites is 1. The molecule has 3 rings (SSSR count). The maximum Gasteiger partial charge on any atom is 0.264 e. The zero-order valence-corrected chi connectivity index (χ0v) is 16.8. The van der Waals surface area contributed by atoms with Crippen molar-refractivity contribution in [2.24, 2.45) is 5.92 Å². The van der Waals surface area contributed by atoms with Crippen LogP contribution in [0.25, 0.3) is 0 Å². The third-order valence-electron chi connectivity index (χ3n) is 4.81. The minimum atomic E-state index is -1.59. The number of carbonyl (C=O) groups excluding carboxylic acids is 1. The SMILES string of the molecule is C[C@@H](/C=C/CCO)[C@]1(O)C(=O)N(Cc2ccc(I)cc2)c2ccccc21. The Labute approximate surface area is 167 Å². The molecule has 0 unspecified atom stereocenters. The summed E-state index contributed by atoms with van der Waals surface area (Å²) in [5.74, 6) is -0.706. The standard InChI is InChI=1S/C21H22INO3/c1-15(6-4-5-13-24)21(26)18-7-2-3-8-19(18)23(20(21)25)14-16-9-11-17(22)12-10-16/h2-4,6-12,15,24,26H,5,13-14H2,1H3/b6-4+/t15-,21+/m0/s1. The lowest BCUT2D eigenvalue weighted by atomic mass is 9.83. The molecule has 1 heterocycles. The summed E-state index contributed by atoms with van der Waals surface area (Å²) in [5.41, 5.74) is 0.810. The second-order valence-corrected chi connectivity index (χ2v) is 7.78. The number of benzene rings is 2. The van der Waals surface area contributed by atoms with Crippen molar-refractivity contribution in [2.75, 3.05) is 11.5 Å². The first-order chi connectivity index (χ1) is 12.5. The summed E-state index contributed by atoms with van der Waals surface area (Å²) in [7, 11) is 0. The van der Waals surface area contributed by atoms with Crippen LogP contribution in [0, 0.1) is 9.49 Å². The molecule has 5 heteroatoms. The van der Waals surface area contributed by atoms with Gasteiger partial charge in [-0.1, -0.05) is 49.4 Å². The summed E-state index contributed by atoms with van der Waals surface area (Å²) in [6, 6.07) is 15.4. The smallest absolute Gasteiger partial charge is 0.264 e. The summed E-state index contributed by atoms with van der Waals surface area (Å²) in [5, 5.41) is 20.3. The van der Waals surface area contributed by atoms with E-state index in [1.54, 1.807) is 17.1 Å². The van der Waals surface area contributed by atoms with Crippen molar-refractivity contribution in [1.82, 2.24) is 0 Å². The van der Waals surface area contributed by atoms with E-state index in [1.807, 2.05) is 55.5 Å². The summed E-state index contributed by atoms with van der Waals surface area (Å²) < 4.78 is 1.14. The van der Waals surface area contributed by atoms with Crippen molar-refractivity contribution in [3.8, 4) is 0 Å². The number of aliphatic hydroxyl groups excluding tert-OH is 1. The van der Waals surface area contributed by atoms with Crippen LogP contribution in [0.3, 0.4) is 0 Å². The molecule has 0 saturated heterocycles. The summed E-state index contributed by atoms with van der Waals surface area (Å²) in [6.07, 6.45) is 4.11. The van der Waals surface area contributed by atoms with Crippen molar-refractivity contribution >= 4 is 34.2 Å². The second kappa shape index (κ2) is 7.90. The molecule has 0 radical (unpaired) electrons. The van der Waals surface area contributed by atoms with Gasteiger partial charge in [0.1, 0.15) is 0 Å². The van der Waals surface area contributed by atoms with Crippen molar-refractivity contribution < 1.29 is 15.0 Å². The fourth-order valence-electron chi connectivity index (χ4n) is 3.35. The third-order valence-corrected chi connectivity index (χ3v) is 5.53. The number of halogens is 1. The van der Waals surface area contributed by atoms with Crippen LogP contribution in [0.5, 0.6) is 0 Å². The van der Waals surface area contributed by atoms with Crippen LogP contribution in [0.1, 0.15) is 24.5 Å². The van der Waals surface area contributed by atoms with Crippen molar-refractivity contribution in [1.29, 1.82) is 0 Å². The largest absolute Gasteiger partial charge is 0.396 e. The van der Waals surface area contributed by atoms with Crippen LogP contribution in [0.2, 0.25) is 0 Å². The maximum absolute atomic E-state index is 13.2. The zero-order chi connectivity index (χ0) is 18.7. The van der Waals surface area contributed by atoms with E-state index >= 15 is 0 Å². The van der Waals surface area contributed by atoms with Crippen molar-refractivity contribution in [2.45, 2.75) is 25.5 Å². The number of fused-ring (bicyclic) bond motifs is 1. The number of nitrogens with zero attached hydrogens (tertiary/aromatic N) is 1. The van der Waals surface area contributed by atoms with Crippen LogP contribution in [-0.2, 0) is 16.9 Å². The minimum absolute atomic E-state index is 0.0467. The fourth-order valence-corrected chi connectivity index (χ4v) is 3.70. The highest BCUT2D eigenvalue weighted by molar-refractivity contribution is 14.1. The van der Waals surface area contributed by atoms with E-state index in [4.69, 9.17) is 5.11 Å². The number of rotatable bonds is 6. The predicted octanol–water partition coefficient (Wildman–Crippen LogP) is 3.60. The van der Waals surface area contributed by atoms with Gasteiger partial charge in [0.25, 0.3) is 5.91 Å². The average Bonchev–Trinajstić information content (AvgIpc) is 2.87. The molecule has 136 valence electrons. The third kappa shape index (κ3) is 3.43. The molecule has 2 atom stereocenters. The summed E-state index contributed by atoms with van der Waals surface area (Å²) in [4.78, 5) is 14.9. The van der Waals surface area contributed by atoms with Crippen LogP contribution in [0.4, 0.5) is 5.69 Å². The molecular weight excluding hydrogens is 441 g/mol. The molecule has 0 fully saturated rings. The highest BCUT2D eigenvalue weighted by Gasteiger charge is 2.52. The Morgan fingerprint density at radius 1 is 1.19 bits per heavy atom. The molecule has 1 aliphatic heterocycles. The summed E-state index contributed by atoms with van der Waals surface area (Å²) in [6.45, 7) is 2.30. The van der Waals surface area contributed by atoms with E-state index in [0.29, 0.717) is 18.5 Å². The molecule has 0 spiro atoms. The number of anilines is 1. The van der Waals surface area contributed by atoms with Crippen molar-refractivity contribution in [3.63, 3.8) is 0 Å². The van der Waals surface area contributed by atoms with Gasteiger partial charge in [0.15, 0.2) is 5.60 Å². The quantitative estimate of drug-likeness (QED) is 0.509. The van der Waals surface area contributed by atoms with E-state index in [2.05, 4.69) is 22.6 Å². The lowest BCUT2D eigenvalue weighted by molar-refractivity contribution is -0.139. The van der Waals surface area contributed by atoms with E-state index < -0.39 is 11.5 Å². The van der Waals surface area contributed by atoms with Gasteiger partial charge >= 0.3 is 0 Å². The number of amides is 1. The van der Waals surface area contributed by atoms with Crippen LogP contribution < -0.4 is 4.90 Å². The topological polar surface area (TPSA) is 60.8 Å². The lowest BCUT2D eigenvalue weighted by Gasteiger charge is -2.27. The van der Waals surface area contributed by atoms with Gasteiger partial charge in [-0.05, 0) is 52.8 Å². The first-order valence-corrected chi connectivity index (χ1v) is 9.72. The molecule has 2 N–H and O–H groups in total. The minimum Gasteiger partial charge on any atom is -0.396 e. The van der Waals surface area contributed by atoms with E-state index in [0.717, 1.165) is 14.8 Å². The highest BCUT2D eigenvalue weighted by atomic mass is 127. The molecule has 0 aromatic heterocycles. The van der Waals surface area contributed by atoms with Gasteiger partial charge in [0, 0.05) is 21.7 Å². The molecule has 2 aromatic carbocycles. The van der Waals surface area contributed by atoms with Gasteiger partial charge in [-0.15, -0.1) is 0 Å². The van der Waals surface area contributed by atoms with Gasteiger partial charge in [0.05, 0.1) is 12.2 Å². The Kier molecular flexibility index (Phi) is 5.79. The number of aliphatic hydroxyl groups is 2. The van der Waals surface area contributed by atoms with Gasteiger partial charge in [-0.2, -0.15) is 0 Å². The molecule has 1 amide bonds. The first kappa shape index (κ1) is 19.1. The van der Waals surface area contributed by atoms with E-state index in [-0.39, 0.29) is 12.5 Å². The molecule has 1 aliphatic rings. The lowest BCUT2D eigenvalue weighted by Crippen LogP contribution is -2.44. The van der Waals surface area contributed by atoms with Crippen molar-refractivity contribution in [3.05, 3.63) is 75.4 Å². The summed E-state index contributed by atoms with van der Waals surface area (Å²) >= 11 is 2.25. The number of hydrogen-bond acceptors (Lipinski definition) is 3. The van der Waals surface area contributed by atoms with E-state index in [9.17, 15) is 9.90 Å². The average molecular weight is 463 g/mol. The van der Waals surface area contributed by atoms with Gasteiger partial charge < -0.3 is 15.1 Å². The number of carbonyl (C=O) groups is 1. The highest BCUT2D eigenvalue weighted by Crippen LogP contribution is 2.45. The zero-order valence-electron chi connectivity index (χ0n) is 14.6. The Bertz CT molecular complexity index is 818. The normalized spacial score (nSPS) is 20.6. The van der Waals surface area contributed by atoms with Gasteiger partial charge in [-0.3, -0.25) is 4.79 Å². The Hall–Kier alpha value is -1.70. The monoisotopic (exact) mass is 463 g/mol.